The summed E-state index contributed by atoms with van der Waals surface area (Å²) < 4.78 is 31.2. The van der Waals surface area contributed by atoms with Crippen LogP contribution in [0.2, 0.25) is 0 Å². The maximum atomic E-state index is 13.4. The molecule has 0 fully saturated rings. The SMILES string of the molecule is CCOc1c(F)ccc(C=NN)c1F. The van der Waals surface area contributed by atoms with Crippen molar-refractivity contribution in [1.29, 1.82) is 0 Å². The van der Waals surface area contributed by atoms with Gasteiger partial charge in [0.2, 0.25) is 0 Å². The first-order valence-electron chi connectivity index (χ1n) is 4.04. The van der Waals surface area contributed by atoms with Crippen molar-refractivity contribution in [3.63, 3.8) is 0 Å². The Hall–Kier alpha value is -1.65. The van der Waals surface area contributed by atoms with Crippen LogP contribution < -0.4 is 10.6 Å². The van der Waals surface area contributed by atoms with Crippen LogP contribution in [0.3, 0.4) is 0 Å². The van der Waals surface area contributed by atoms with E-state index in [1.165, 1.54) is 6.07 Å². The fraction of sp³-hybridized carbons (Fsp3) is 0.222. The molecule has 0 saturated heterocycles. The van der Waals surface area contributed by atoms with Gasteiger partial charge in [-0.15, -0.1) is 0 Å². The fourth-order valence-electron chi connectivity index (χ4n) is 1.00. The number of hydrazone groups is 1. The van der Waals surface area contributed by atoms with Crippen LogP contribution in [0.25, 0.3) is 0 Å². The molecule has 0 heterocycles. The summed E-state index contributed by atoms with van der Waals surface area (Å²) in [5.74, 6) is 2.93. The second kappa shape index (κ2) is 4.55. The van der Waals surface area contributed by atoms with E-state index in [4.69, 9.17) is 10.6 Å². The summed E-state index contributed by atoms with van der Waals surface area (Å²) in [6.07, 6.45) is 1.09. The maximum absolute atomic E-state index is 13.4. The van der Waals surface area contributed by atoms with Gasteiger partial charge in [0, 0.05) is 5.56 Å². The minimum atomic E-state index is -0.791. The molecule has 0 bridgehead atoms. The Labute approximate surface area is 80.2 Å². The van der Waals surface area contributed by atoms with E-state index in [1.54, 1.807) is 6.92 Å². The van der Waals surface area contributed by atoms with Crippen molar-refractivity contribution in [3.05, 3.63) is 29.3 Å². The molecule has 14 heavy (non-hydrogen) atoms. The number of ether oxygens (including phenoxy) is 1. The van der Waals surface area contributed by atoms with E-state index in [-0.39, 0.29) is 12.2 Å². The highest BCUT2D eigenvalue weighted by Gasteiger charge is 2.13. The van der Waals surface area contributed by atoms with Crippen LogP contribution in [0.4, 0.5) is 8.78 Å². The lowest BCUT2D eigenvalue weighted by Gasteiger charge is -2.06. The molecule has 0 radical (unpaired) electrons. The Morgan fingerprint density at radius 3 is 2.79 bits per heavy atom. The first kappa shape index (κ1) is 10.4. The van der Waals surface area contributed by atoms with Crippen LogP contribution in [0, 0.1) is 11.6 Å². The predicted molar refractivity (Wildman–Crippen MR) is 49.3 cm³/mol. The quantitative estimate of drug-likeness (QED) is 0.458. The van der Waals surface area contributed by atoms with Crippen LogP contribution >= 0.6 is 0 Å². The summed E-state index contributed by atoms with van der Waals surface area (Å²) in [6, 6.07) is 2.34. The van der Waals surface area contributed by atoms with Crippen molar-refractivity contribution in [2.75, 3.05) is 6.61 Å². The Morgan fingerprint density at radius 2 is 2.21 bits per heavy atom. The summed E-state index contributed by atoms with van der Waals surface area (Å²) >= 11 is 0. The van der Waals surface area contributed by atoms with Crippen LogP contribution in [0.5, 0.6) is 5.75 Å². The van der Waals surface area contributed by atoms with Crippen molar-refractivity contribution >= 4 is 6.21 Å². The Balaban J connectivity index is 3.18. The lowest BCUT2D eigenvalue weighted by Crippen LogP contribution is -2.01. The third kappa shape index (κ3) is 1.99. The highest BCUT2D eigenvalue weighted by Crippen LogP contribution is 2.23. The number of benzene rings is 1. The number of nitrogens with two attached hydrogens (primary N) is 1. The molecule has 0 unspecified atom stereocenters. The summed E-state index contributed by atoms with van der Waals surface area (Å²) in [4.78, 5) is 0. The molecule has 0 amide bonds. The molecule has 0 aliphatic rings. The summed E-state index contributed by atoms with van der Waals surface area (Å²) in [6.45, 7) is 1.83. The Kier molecular flexibility index (Phi) is 3.39. The van der Waals surface area contributed by atoms with E-state index in [9.17, 15) is 8.78 Å². The number of halogens is 2. The first-order valence-corrected chi connectivity index (χ1v) is 4.04. The van der Waals surface area contributed by atoms with Gasteiger partial charge in [-0.1, -0.05) is 0 Å². The smallest absolute Gasteiger partial charge is 0.191 e. The lowest BCUT2D eigenvalue weighted by molar-refractivity contribution is 0.302. The first-order chi connectivity index (χ1) is 6.70. The maximum Gasteiger partial charge on any atom is 0.191 e. The molecule has 0 aromatic heterocycles. The van der Waals surface area contributed by atoms with Gasteiger partial charge in [-0.3, -0.25) is 0 Å². The van der Waals surface area contributed by atoms with Gasteiger partial charge in [0.25, 0.3) is 0 Å². The Bertz CT molecular complexity index is 353. The van der Waals surface area contributed by atoms with Crippen LogP contribution in [0.1, 0.15) is 12.5 Å². The number of hydrogen-bond acceptors (Lipinski definition) is 3. The van der Waals surface area contributed by atoms with Gasteiger partial charge in [0.15, 0.2) is 17.4 Å². The van der Waals surface area contributed by atoms with E-state index in [0.717, 1.165) is 12.3 Å². The highest BCUT2D eigenvalue weighted by molar-refractivity contribution is 5.80. The van der Waals surface area contributed by atoms with Gasteiger partial charge >= 0.3 is 0 Å². The number of hydrogen-bond donors (Lipinski definition) is 1. The zero-order valence-electron chi connectivity index (χ0n) is 7.63. The number of nitrogens with zero attached hydrogens (tertiary/aromatic N) is 1. The van der Waals surface area contributed by atoms with E-state index >= 15 is 0 Å². The molecule has 0 atom stereocenters. The third-order valence-corrected chi connectivity index (χ3v) is 1.58. The van der Waals surface area contributed by atoms with Gasteiger partial charge in [0.05, 0.1) is 12.8 Å². The van der Waals surface area contributed by atoms with Crippen LogP contribution in [0.15, 0.2) is 17.2 Å². The van der Waals surface area contributed by atoms with E-state index in [2.05, 4.69) is 5.10 Å². The molecule has 1 aromatic carbocycles. The molecule has 2 N–H and O–H groups in total. The number of rotatable bonds is 3. The van der Waals surface area contributed by atoms with E-state index < -0.39 is 17.4 Å². The monoisotopic (exact) mass is 200 g/mol. The van der Waals surface area contributed by atoms with Crippen molar-refractivity contribution in [1.82, 2.24) is 0 Å². The van der Waals surface area contributed by atoms with Crippen LogP contribution in [-0.4, -0.2) is 12.8 Å². The van der Waals surface area contributed by atoms with Gasteiger partial charge in [-0.2, -0.15) is 5.10 Å². The fourth-order valence-corrected chi connectivity index (χ4v) is 1.00. The molecule has 1 rings (SSSR count). The molecule has 0 aliphatic heterocycles. The molecule has 3 nitrogen and oxygen atoms in total. The van der Waals surface area contributed by atoms with Gasteiger partial charge in [0.1, 0.15) is 0 Å². The molecule has 0 aliphatic carbocycles. The average molecular weight is 200 g/mol. The molecule has 0 spiro atoms. The molecular formula is C9H10F2N2O. The molecule has 5 heteroatoms. The third-order valence-electron chi connectivity index (χ3n) is 1.58. The second-order valence-corrected chi connectivity index (χ2v) is 2.49. The van der Waals surface area contributed by atoms with E-state index in [1.807, 2.05) is 0 Å². The second-order valence-electron chi connectivity index (χ2n) is 2.49. The van der Waals surface area contributed by atoms with Crippen LogP contribution in [-0.2, 0) is 0 Å². The molecule has 1 aromatic rings. The highest BCUT2D eigenvalue weighted by atomic mass is 19.1. The zero-order chi connectivity index (χ0) is 10.6. The summed E-state index contributed by atoms with van der Waals surface area (Å²) in [5, 5.41) is 3.15. The summed E-state index contributed by atoms with van der Waals surface area (Å²) in [7, 11) is 0. The Morgan fingerprint density at radius 1 is 1.50 bits per heavy atom. The van der Waals surface area contributed by atoms with Gasteiger partial charge in [-0.25, -0.2) is 8.78 Å². The average Bonchev–Trinajstić information content (AvgIpc) is 2.17. The molecule has 0 saturated carbocycles. The minimum absolute atomic E-state index is 0.0948. The molecule has 76 valence electrons. The van der Waals surface area contributed by atoms with Crippen molar-refractivity contribution in [3.8, 4) is 5.75 Å². The topological polar surface area (TPSA) is 47.6 Å². The van der Waals surface area contributed by atoms with E-state index in [0.29, 0.717) is 0 Å². The van der Waals surface area contributed by atoms with Gasteiger partial charge < -0.3 is 10.6 Å². The van der Waals surface area contributed by atoms with Crippen molar-refractivity contribution in [2.24, 2.45) is 10.9 Å². The lowest BCUT2D eigenvalue weighted by atomic mass is 10.2. The predicted octanol–water partition coefficient (Wildman–Crippen LogP) is 1.66. The van der Waals surface area contributed by atoms with Crippen molar-refractivity contribution < 1.29 is 13.5 Å². The summed E-state index contributed by atoms with van der Waals surface area (Å²) in [5.41, 5.74) is 0.0948. The standard InChI is InChI=1S/C9H10F2N2O/c1-2-14-9-7(10)4-3-6(5-13-12)8(9)11/h3-5H,2,12H2,1H3. The molecular weight excluding hydrogens is 190 g/mol. The minimum Gasteiger partial charge on any atom is -0.488 e. The zero-order valence-corrected chi connectivity index (χ0v) is 7.63. The largest absolute Gasteiger partial charge is 0.488 e. The van der Waals surface area contributed by atoms with Crippen molar-refractivity contribution in [2.45, 2.75) is 6.92 Å². The van der Waals surface area contributed by atoms with Gasteiger partial charge in [-0.05, 0) is 19.1 Å². The normalized spacial score (nSPS) is 10.8.